The number of carbonyl (C=O) groups excluding carboxylic acids is 1. The standard InChI is InChI=1S/C17H20N2O3S/c1-2-15-14-6-8-23-16(14)5-7-19(15)17(21)11-22-13-4-3-12(10-20)18-9-13/h3-4,6,8-9,15,20H,2,5,7,10-11H2,1H3. The number of fused-ring (bicyclic) bond motifs is 1. The molecule has 0 saturated carbocycles. The first-order valence-corrected chi connectivity index (χ1v) is 8.65. The van der Waals surface area contributed by atoms with Crippen LogP contribution in [-0.2, 0) is 17.8 Å². The van der Waals surface area contributed by atoms with Crippen LogP contribution in [-0.4, -0.2) is 34.0 Å². The molecule has 5 nitrogen and oxygen atoms in total. The van der Waals surface area contributed by atoms with Gasteiger partial charge in [0.15, 0.2) is 6.61 Å². The highest BCUT2D eigenvalue weighted by molar-refractivity contribution is 7.10. The highest BCUT2D eigenvalue weighted by Crippen LogP contribution is 2.35. The van der Waals surface area contributed by atoms with Crippen LogP contribution in [0.5, 0.6) is 5.75 Å². The van der Waals surface area contributed by atoms with Gasteiger partial charge in [0.25, 0.3) is 5.91 Å². The van der Waals surface area contributed by atoms with Crippen molar-refractivity contribution in [3.63, 3.8) is 0 Å². The van der Waals surface area contributed by atoms with Crippen molar-refractivity contribution in [3.05, 3.63) is 45.9 Å². The number of hydrogen-bond donors (Lipinski definition) is 1. The van der Waals surface area contributed by atoms with E-state index in [1.807, 2.05) is 4.90 Å². The first-order chi connectivity index (χ1) is 11.2. The van der Waals surface area contributed by atoms with Crippen LogP contribution in [0, 0.1) is 0 Å². The molecular weight excluding hydrogens is 312 g/mol. The van der Waals surface area contributed by atoms with Gasteiger partial charge < -0.3 is 14.7 Å². The molecule has 122 valence electrons. The van der Waals surface area contributed by atoms with E-state index in [4.69, 9.17) is 9.84 Å². The van der Waals surface area contributed by atoms with E-state index in [-0.39, 0.29) is 25.2 Å². The average Bonchev–Trinajstić information content (AvgIpc) is 3.07. The minimum absolute atomic E-state index is 0.0000604. The van der Waals surface area contributed by atoms with Gasteiger partial charge in [-0.05, 0) is 42.0 Å². The van der Waals surface area contributed by atoms with E-state index in [0.29, 0.717) is 11.4 Å². The zero-order valence-corrected chi connectivity index (χ0v) is 13.9. The molecule has 1 atom stereocenters. The number of carbonyl (C=O) groups is 1. The lowest BCUT2D eigenvalue weighted by atomic mass is 9.98. The van der Waals surface area contributed by atoms with Gasteiger partial charge in [-0.1, -0.05) is 6.92 Å². The zero-order chi connectivity index (χ0) is 16.2. The molecule has 0 spiro atoms. The van der Waals surface area contributed by atoms with Crippen LogP contribution < -0.4 is 4.74 Å². The van der Waals surface area contributed by atoms with Crippen molar-refractivity contribution >= 4 is 17.2 Å². The van der Waals surface area contributed by atoms with Crippen LogP contribution in [0.2, 0.25) is 0 Å². The normalized spacial score (nSPS) is 17.0. The lowest BCUT2D eigenvalue weighted by Gasteiger charge is -2.35. The third kappa shape index (κ3) is 3.38. The number of pyridine rings is 1. The lowest BCUT2D eigenvalue weighted by Crippen LogP contribution is -2.41. The summed E-state index contributed by atoms with van der Waals surface area (Å²) in [6.07, 6.45) is 3.35. The largest absolute Gasteiger partial charge is 0.482 e. The van der Waals surface area contributed by atoms with Crippen molar-refractivity contribution in [1.29, 1.82) is 0 Å². The minimum Gasteiger partial charge on any atom is -0.482 e. The number of thiophene rings is 1. The van der Waals surface area contributed by atoms with Crippen LogP contribution in [0.15, 0.2) is 29.8 Å². The van der Waals surface area contributed by atoms with Gasteiger partial charge in [0, 0.05) is 11.4 Å². The minimum atomic E-state index is -0.103. The molecule has 3 rings (SSSR count). The van der Waals surface area contributed by atoms with Crippen LogP contribution in [0.25, 0.3) is 0 Å². The molecule has 1 aliphatic heterocycles. The van der Waals surface area contributed by atoms with E-state index in [9.17, 15) is 4.79 Å². The number of nitrogens with zero attached hydrogens (tertiary/aromatic N) is 2. The Morgan fingerprint density at radius 3 is 3.04 bits per heavy atom. The number of amides is 1. The van der Waals surface area contributed by atoms with E-state index < -0.39 is 0 Å². The average molecular weight is 332 g/mol. The Labute approximate surface area is 139 Å². The monoisotopic (exact) mass is 332 g/mol. The third-order valence-electron chi connectivity index (χ3n) is 4.12. The molecule has 0 aliphatic carbocycles. The Morgan fingerprint density at radius 1 is 1.48 bits per heavy atom. The number of aliphatic hydroxyl groups excluding tert-OH is 1. The summed E-state index contributed by atoms with van der Waals surface area (Å²) in [5.74, 6) is 0.539. The second kappa shape index (κ2) is 7.10. The molecule has 1 unspecified atom stereocenters. The summed E-state index contributed by atoms with van der Waals surface area (Å²) in [5.41, 5.74) is 1.86. The van der Waals surface area contributed by atoms with Crippen molar-refractivity contribution in [3.8, 4) is 5.75 Å². The molecule has 0 aromatic carbocycles. The quantitative estimate of drug-likeness (QED) is 0.914. The Kier molecular flexibility index (Phi) is 4.93. The molecule has 2 aromatic rings. The number of aromatic nitrogens is 1. The van der Waals surface area contributed by atoms with Gasteiger partial charge in [0.1, 0.15) is 5.75 Å². The molecule has 23 heavy (non-hydrogen) atoms. The molecule has 0 fully saturated rings. The summed E-state index contributed by atoms with van der Waals surface area (Å²) in [4.78, 5) is 19.9. The van der Waals surface area contributed by atoms with Crippen molar-refractivity contribution in [2.45, 2.75) is 32.4 Å². The molecule has 1 N–H and O–H groups in total. The van der Waals surface area contributed by atoms with Gasteiger partial charge >= 0.3 is 0 Å². The van der Waals surface area contributed by atoms with Crippen LogP contribution in [0.4, 0.5) is 0 Å². The second-order valence-electron chi connectivity index (χ2n) is 5.49. The van der Waals surface area contributed by atoms with Crippen molar-refractivity contribution in [1.82, 2.24) is 9.88 Å². The summed E-state index contributed by atoms with van der Waals surface area (Å²) in [6.45, 7) is 2.76. The summed E-state index contributed by atoms with van der Waals surface area (Å²) < 4.78 is 5.55. The van der Waals surface area contributed by atoms with Gasteiger partial charge in [0.05, 0.1) is 24.5 Å². The van der Waals surface area contributed by atoms with E-state index in [1.54, 1.807) is 23.5 Å². The molecule has 1 aliphatic rings. The number of ether oxygens (including phenoxy) is 1. The van der Waals surface area contributed by atoms with Gasteiger partial charge in [-0.2, -0.15) is 0 Å². The van der Waals surface area contributed by atoms with Crippen molar-refractivity contribution in [2.24, 2.45) is 0 Å². The molecule has 6 heteroatoms. The fourth-order valence-electron chi connectivity index (χ4n) is 2.95. The van der Waals surface area contributed by atoms with Crippen LogP contribution >= 0.6 is 11.3 Å². The van der Waals surface area contributed by atoms with E-state index in [0.717, 1.165) is 19.4 Å². The second-order valence-corrected chi connectivity index (χ2v) is 6.49. The lowest BCUT2D eigenvalue weighted by molar-refractivity contribution is -0.136. The molecular formula is C17H20N2O3S. The molecule has 0 saturated heterocycles. The fraction of sp³-hybridized carbons (Fsp3) is 0.412. The van der Waals surface area contributed by atoms with Crippen molar-refractivity contribution < 1.29 is 14.6 Å². The topological polar surface area (TPSA) is 62.7 Å². The molecule has 0 bridgehead atoms. The SMILES string of the molecule is CCC1c2ccsc2CCN1C(=O)COc1ccc(CO)nc1. The van der Waals surface area contributed by atoms with Gasteiger partial charge in [-0.25, -0.2) is 0 Å². The van der Waals surface area contributed by atoms with E-state index >= 15 is 0 Å². The first kappa shape index (κ1) is 16.0. The fourth-order valence-corrected chi connectivity index (χ4v) is 3.88. The van der Waals surface area contributed by atoms with E-state index in [2.05, 4.69) is 23.4 Å². The van der Waals surface area contributed by atoms with Gasteiger partial charge in [0.2, 0.25) is 0 Å². The molecule has 2 aromatic heterocycles. The summed E-state index contributed by atoms with van der Waals surface area (Å²) in [7, 11) is 0. The maximum absolute atomic E-state index is 12.5. The predicted molar refractivity (Wildman–Crippen MR) is 88.4 cm³/mol. The summed E-state index contributed by atoms with van der Waals surface area (Å²) in [5, 5.41) is 11.1. The maximum Gasteiger partial charge on any atom is 0.261 e. The maximum atomic E-state index is 12.5. The highest BCUT2D eigenvalue weighted by Gasteiger charge is 2.30. The van der Waals surface area contributed by atoms with E-state index in [1.165, 1.54) is 16.6 Å². The van der Waals surface area contributed by atoms with Crippen LogP contribution in [0.1, 0.15) is 35.5 Å². The van der Waals surface area contributed by atoms with Crippen molar-refractivity contribution in [2.75, 3.05) is 13.2 Å². The Hall–Kier alpha value is -1.92. The highest BCUT2D eigenvalue weighted by atomic mass is 32.1. The molecule has 3 heterocycles. The van der Waals surface area contributed by atoms with Crippen LogP contribution in [0.3, 0.4) is 0 Å². The number of hydrogen-bond acceptors (Lipinski definition) is 5. The Bertz CT molecular complexity index is 669. The predicted octanol–water partition coefficient (Wildman–Crippen LogP) is 2.55. The molecule has 1 amide bonds. The first-order valence-electron chi connectivity index (χ1n) is 7.77. The Balaban J connectivity index is 1.63. The Morgan fingerprint density at radius 2 is 2.35 bits per heavy atom. The number of aliphatic hydroxyl groups is 1. The molecule has 0 radical (unpaired) electrons. The zero-order valence-electron chi connectivity index (χ0n) is 13.1. The summed E-state index contributed by atoms with van der Waals surface area (Å²) in [6, 6.07) is 5.69. The number of rotatable bonds is 5. The van der Waals surface area contributed by atoms with Gasteiger partial charge in [-0.3, -0.25) is 9.78 Å². The summed E-state index contributed by atoms with van der Waals surface area (Å²) >= 11 is 1.77. The van der Waals surface area contributed by atoms with Gasteiger partial charge in [-0.15, -0.1) is 11.3 Å². The third-order valence-corrected chi connectivity index (χ3v) is 5.12. The smallest absolute Gasteiger partial charge is 0.261 e.